The van der Waals surface area contributed by atoms with Crippen LogP contribution in [0.3, 0.4) is 0 Å². The topological polar surface area (TPSA) is 46.6 Å². The lowest BCUT2D eigenvalue weighted by atomic mass is 10.0. The molecule has 1 aromatic carbocycles. The van der Waals surface area contributed by atoms with Crippen LogP contribution < -0.4 is 0 Å². The lowest BCUT2D eigenvalue weighted by Gasteiger charge is -2.31. The lowest BCUT2D eigenvalue weighted by molar-refractivity contribution is -0.155. The molecule has 0 spiro atoms. The predicted octanol–water partition coefficient (Wildman–Crippen LogP) is 4.82. The summed E-state index contributed by atoms with van der Waals surface area (Å²) in [4.78, 5) is 27.7. The maximum Gasteiger partial charge on any atom is 0.329 e. The van der Waals surface area contributed by atoms with Crippen molar-refractivity contribution in [3.05, 3.63) is 34.9 Å². The number of hydrogen-bond acceptors (Lipinski definition) is 4. The van der Waals surface area contributed by atoms with E-state index < -0.39 is 6.04 Å². The Morgan fingerprint density at radius 2 is 2.00 bits per heavy atom. The number of unbranched alkanes of at least 4 members (excludes halogenated alkanes) is 1. The quantitative estimate of drug-likeness (QED) is 0.512. The number of carbonyl (C=O) groups is 2. The standard InChI is InChI=1S/C20H26ClNO3S/c1-2-3-12-25-20(24)17-13-26-19(15-10-6-7-11-16(15)21)22(17)18(23)14-8-4-5-9-14/h6-7,10-11,14,17,19H,2-5,8-9,12-13H2,1H3/t17-,19+/m0/s1. The molecule has 0 N–H and O–H groups in total. The summed E-state index contributed by atoms with van der Waals surface area (Å²) in [7, 11) is 0. The summed E-state index contributed by atoms with van der Waals surface area (Å²) in [6.07, 6.45) is 5.80. The average molecular weight is 396 g/mol. The fourth-order valence-electron chi connectivity index (χ4n) is 3.67. The first-order valence-corrected chi connectivity index (χ1v) is 10.9. The third-order valence-corrected chi connectivity index (χ3v) is 6.79. The summed E-state index contributed by atoms with van der Waals surface area (Å²) in [5, 5.41) is 0.412. The van der Waals surface area contributed by atoms with E-state index >= 15 is 0 Å². The smallest absolute Gasteiger partial charge is 0.329 e. The number of nitrogens with zero attached hydrogens (tertiary/aromatic N) is 1. The monoisotopic (exact) mass is 395 g/mol. The van der Waals surface area contributed by atoms with Gasteiger partial charge in [0.2, 0.25) is 5.91 Å². The van der Waals surface area contributed by atoms with Gasteiger partial charge in [0.15, 0.2) is 0 Å². The number of halogens is 1. The molecule has 1 heterocycles. The van der Waals surface area contributed by atoms with Gasteiger partial charge in [0.1, 0.15) is 11.4 Å². The number of thioether (sulfide) groups is 1. The molecular weight excluding hydrogens is 370 g/mol. The summed E-state index contributed by atoms with van der Waals surface area (Å²) in [5.74, 6) is 0.366. The zero-order valence-corrected chi connectivity index (χ0v) is 16.7. The van der Waals surface area contributed by atoms with Crippen molar-refractivity contribution in [2.45, 2.75) is 56.9 Å². The van der Waals surface area contributed by atoms with Crippen molar-refractivity contribution < 1.29 is 14.3 Å². The van der Waals surface area contributed by atoms with Gasteiger partial charge in [-0.1, -0.05) is 56.0 Å². The number of hydrogen-bond donors (Lipinski definition) is 0. The third-order valence-electron chi connectivity index (χ3n) is 5.14. The van der Waals surface area contributed by atoms with Gasteiger partial charge in [0.05, 0.1) is 6.61 Å². The molecule has 0 radical (unpaired) electrons. The van der Waals surface area contributed by atoms with E-state index in [2.05, 4.69) is 6.92 Å². The summed E-state index contributed by atoms with van der Waals surface area (Å²) in [6.45, 7) is 2.47. The normalized spacial score (nSPS) is 23.4. The SMILES string of the molecule is CCCCOC(=O)[C@@H]1CS[C@H](c2ccccc2Cl)N1C(=O)C1CCCC1. The van der Waals surface area contributed by atoms with Gasteiger partial charge in [0.25, 0.3) is 0 Å². The average Bonchev–Trinajstić information content (AvgIpc) is 3.32. The highest BCUT2D eigenvalue weighted by Crippen LogP contribution is 2.45. The Labute approximate surface area is 164 Å². The minimum atomic E-state index is -0.522. The van der Waals surface area contributed by atoms with Gasteiger partial charge in [-0.15, -0.1) is 11.8 Å². The minimum Gasteiger partial charge on any atom is -0.464 e. The fraction of sp³-hybridized carbons (Fsp3) is 0.600. The van der Waals surface area contributed by atoms with Gasteiger partial charge < -0.3 is 9.64 Å². The van der Waals surface area contributed by atoms with Crippen LogP contribution in [0.5, 0.6) is 0 Å². The van der Waals surface area contributed by atoms with Gasteiger partial charge in [-0.25, -0.2) is 4.79 Å². The molecule has 2 atom stereocenters. The number of benzene rings is 1. The van der Waals surface area contributed by atoms with Crippen molar-refractivity contribution in [3.63, 3.8) is 0 Å². The van der Waals surface area contributed by atoms with Gasteiger partial charge in [-0.2, -0.15) is 0 Å². The molecule has 1 aliphatic heterocycles. The molecule has 0 bridgehead atoms. The maximum absolute atomic E-state index is 13.2. The number of rotatable bonds is 6. The molecule has 26 heavy (non-hydrogen) atoms. The number of esters is 1. The van der Waals surface area contributed by atoms with Crippen molar-refractivity contribution in [3.8, 4) is 0 Å². The summed E-state index contributed by atoms with van der Waals surface area (Å²) in [5.41, 5.74) is 0.898. The van der Waals surface area contributed by atoms with E-state index in [9.17, 15) is 9.59 Å². The number of carbonyl (C=O) groups excluding carboxylic acids is 2. The van der Waals surface area contributed by atoms with E-state index in [-0.39, 0.29) is 23.2 Å². The highest BCUT2D eigenvalue weighted by Gasteiger charge is 2.45. The van der Waals surface area contributed by atoms with Crippen LogP contribution >= 0.6 is 23.4 Å². The Morgan fingerprint density at radius 3 is 2.69 bits per heavy atom. The predicted molar refractivity (Wildman–Crippen MR) is 105 cm³/mol. The molecular formula is C20H26ClNO3S. The van der Waals surface area contributed by atoms with Gasteiger partial charge in [-0.3, -0.25) is 4.79 Å². The Bertz CT molecular complexity index is 648. The Kier molecular flexibility index (Phi) is 6.87. The van der Waals surface area contributed by atoms with E-state index in [0.29, 0.717) is 17.4 Å². The molecule has 2 fully saturated rings. The first-order chi connectivity index (χ1) is 12.6. The first kappa shape index (κ1) is 19.6. The second kappa shape index (κ2) is 9.14. The lowest BCUT2D eigenvalue weighted by Crippen LogP contribution is -2.46. The molecule has 1 saturated heterocycles. The fourth-order valence-corrected chi connectivity index (χ4v) is 5.43. The zero-order valence-electron chi connectivity index (χ0n) is 15.2. The number of ether oxygens (including phenoxy) is 1. The van der Waals surface area contributed by atoms with Crippen LogP contribution in [0.15, 0.2) is 24.3 Å². The van der Waals surface area contributed by atoms with E-state index in [0.717, 1.165) is 44.1 Å². The molecule has 1 amide bonds. The minimum absolute atomic E-state index is 0.0182. The van der Waals surface area contributed by atoms with Gasteiger partial charge >= 0.3 is 5.97 Å². The van der Waals surface area contributed by atoms with Gasteiger partial charge in [0, 0.05) is 22.3 Å². The van der Waals surface area contributed by atoms with Crippen LogP contribution in [-0.4, -0.2) is 35.2 Å². The van der Waals surface area contributed by atoms with Crippen LogP contribution in [0.25, 0.3) is 0 Å². The van der Waals surface area contributed by atoms with E-state index in [4.69, 9.17) is 16.3 Å². The third kappa shape index (κ3) is 4.20. The molecule has 6 heteroatoms. The van der Waals surface area contributed by atoms with Crippen LogP contribution in [0.4, 0.5) is 0 Å². The van der Waals surface area contributed by atoms with Crippen LogP contribution in [0.2, 0.25) is 5.02 Å². The number of amides is 1. The van der Waals surface area contributed by atoms with Crippen molar-refractivity contribution >= 4 is 35.2 Å². The summed E-state index contributed by atoms with van der Waals surface area (Å²) < 4.78 is 5.44. The molecule has 1 saturated carbocycles. The summed E-state index contributed by atoms with van der Waals surface area (Å²) >= 11 is 8.00. The zero-order chi connectivity index (χ0) is 18.5. The first-order valence-electron chi connectivity index (χ1n) is 9.48. The molecule has 3 rings (SSSR count). The maximum atomic E-state index is 13.2. The van der Waals surface area contributed by atoms with Crippen molar-refractivity contribution in [2.75, 3.05) is 12.4 Å². The molecule has 142 valence electrons. The Hall–Kier alpha value is -1.20. The Morgan fingerprint density at radius 1 is 1.27 bits per heavy atom. The van der Waals surface area contributed by atoms with Crippen LogP contribution in [-0.2, 0) is 14.3 Å². The molecule has 2 aliphatic rings. The van der Waals surface area contributed by atoms with Crippen LogP contribution in [0, 0.1) is 5.92 Å². The van der Waals surface area contributed by atoms with Crippen molar-refractivity contribution in [1.82, 2.24) is 4.90 Å². The van der Waals surface area contributed by atoms with Crippen LogP contribution in [0.1, 0.15) is 56.4 Å². The highest BCUT2D eigenvalue weighted by molar-refractivity contribution is 7.99. The van der Waals surface area contributed by atoms with E-state index in [1.807, 2.05) is 24.3 Å². The largest absolute Gasteiger partial charge is 0.464 e. The Balaban J connectivity index is 1.83. The summed E-state index contributed by atoms with van der Waals surface area (Å²) in [6, 6.07) is 7.06. The molecule has 0 aromatic heterocycles. The molecule has 0 unspecified atom stereocenters. The van der Waals surface area contributed by atoms with Crippen molar-refractivity contribution in [1.29, 1.82) is 0 Å². The van der Waals surface area contributed by atoms with Gasteiger partial charge in [-0.05, 0) is 25.3 Å². The molecule has 1 aromatic rings. The second-order valence-corrected chi connectivity index (χ2v) is 8.49. The van der Waals surface area contributed by atoms with E-state index in [1.54, 1.807) is 16.7 Å². The molecule has 4 nitrogen and oxygen atoms in total. The highest BCUT2D eigenvalue weighted by atomic mass is 35.5. The van der Waals surface area contributed by atoms with E-state index in [1.165, 1.54) is 0 Å². The second-order valence-electron chi connectivity index (χ2n) is 6.97. The molecule has 1 aliphatic carbocycles. The van der Waals surface area contributed by atoms with Crippen molar-refractivity contribution in [2.24, 2.45) is 5.92 Å².